The normalized spacial score (nSPS) is 18.6. The molecule has 1 atom stereocenters. The quantitative estimate of drug-likeness (QED) is 0.371. The van der Waals surface area contributed by atoms with Crippen LogP contribution in [-0.4, -0.2) is 41.5 Å². The first-order valence-electron chi connectivity index (χ1n) is 12.4. The van der Waals surface area contributed by atoms with Gasteiger partial charge in [0.05, 0.1) is 23.7 Å². The summed E-state index contributed by atoms with van der Waals surface area (Å²) in [6.45, 7) is 3.90. The van der Waals surface area contributed by atoms with Crippen molar-refractivity contribution in [3.8, 4) is 22.6 Å². The van der Waals surface area contributed by atoms with Crippen LogP contribution in [0.5, 0.6) is 11.5 Å². The Morgan fingerprint density at radius 2 is 1.83 bits per heavy atom. The van der Waals surface area contributed by atoms with E-state index in [2.05, 4.69) is 17.0 Å². The van der Waals surface area contributed by atoms with Gasteiger partial charge in [-0.3, -0.25) is 14.5 Å². The van der Waals surface area contributed by atoms with E-state index in [9.17, 15) is 14.7 Å². The summed E-state index contributed by atoms with van der Waals surface area (Å²) in [5.74, 6) is 0.126. The van der Waals surface area contributed by atoms with Gasteiger partial charge in [-0.2, -0.15) is 0 Å². The fourth-order valence-corrected chi connectivity index (χ4v) is 4.88. The maximum absolute atomic E-state index is 13.1. The highest BCUT2D eigenvalue weighted by Gasteiger charge is 2.33. The van der Waals surface area contributed by atoms with Crippen molar-refractivity contribution in [2.24, 2.45) is 5.92 Å². The summed E-state index contributed by atoms with van der Waals surface area (Å²) in [4.78, 5) is 27.5. The summed E-state index contributed by atoms with van der Waals surface area (Å²) in [7, 11) is 0. The van der Waals surface area contributed by atoms with Crippen molar-refractivity contribution in [3.05, 3.63) is 89.2 Å². The second kappa shape index (κ2) is 10.4. The average molecular weight is 484 g/mol. The number of carbonyl (C=O) groups excluding carboxylic acids is 2. The molecule has 184 valence electrons. The Hall–Kier alpha value is -3.90. The SMILES string of the molecule is CCOC(=O)C1CCCN(Cc2c(O)ccc3c2O/C(=C\c2ccc(-c4ccccc4)cc2)C3=O)C1. The summed E-state index contributed by atoms with van der Waals surface area (Å²) in [5.41, 5.74) is 4.07. The zero-order valence-electron chi connectivity index (χ0n) is 20.3. The molecule has 2 aliphatic rings. The smallest absolute Gasteiger partial charge is 0.310 e. The number of ether oxygens (including phenoxy) is 2. The first kappa shape index (κ1) is 23.8. The summed E-state index contributed by atoms with van der Waals surface area (Å²) in [6.07, 6.45) is 3.39. The first-order chi connectivity index (χ1) is 17.5. The molecule has 3 aromatic carbocycles. The number of allylic oxidation sites excluding steroid dienone is 1. The van der Waals surface area contributed by atoms with Gasteiger partial charge in [-0.15, -0.1) is 0 Å². The van der Waals surface area contributed by atoms with Crippen molar-refractivity contribution < 1.29 is 24.2 Å². The number of benzene rings is 3. The van der Waals surface area contributed by atoms with E-state index in [0.717, 1.165) is 36.1 Å². The second-order valence-corrected chi connectivity index (χ2v) is 9.19. The van der Waals surface area contributed by atoms with Crippen molar-refractivity contribution in [2.75, 3.05) is 19.7 Å². The summed E-state index contributed by atoms with van der Waals surface area (Å²) in [5, 5.41) is 10.6. The summed E-state index contributed by atoms with van der Waals surface area (Å²) >= 11 is 0. The molecule has 6 heteroatoms. The van der Waals surface area contributed by atoms with Crippen molar-refractivity contribution in [3.63, 3.8) is 0 Å². The molecule has 0 radical (unpaired) electrons. The molecule has 1 N–H and O–H groups in total. The molecule has 0 amide bonds. The number of phenols is 1. The molecular weight excluding hydrogens is 454 g/mol. The van der Waals surface area contributed by atoms with Crippen LogP contribution in [0, 0.1) is 5.92 Å². The van der Waals surface area contributed by atoms with Crippen LogP contribution in [0.4, 0.5) is 0 Å². The lowest BCUT2D eigenvalue weighted by Gasteiger charge is -2.31. The van der Waals surface area contributed by atoms with Crippen LogP contribution in [0.1, 0.15) is 41.3 Å². The molecule has 1 saturated heterocycles. The third-order valence-electron chi connectivity index (χ3n) is 6.74. The molecule has 0 saturated carbocycles. The lowest BCUT2D eigenvalue weighted by molar-refractivity contribution is -0.150. The topological polar surface area (TPSA) is 76.1 Å². The molecule has 6 nitrogen and oxygen atoms in total. The molecule has 2 heterocycles. The zero-order chi connectivity index (χ0) is 25.1. The third-order valence-corrected chi connectivity index (χ3v) is 6.74. The number of hydrogen-bond donors (Lipinski definition) is 1. The number of piperidine rings is 1. The van der Waals surface area contributed by atoms with E-state index >= 15 is 0 Å². The Morgan fingerprint density at radius 1 is 1.08 bits per heavy atom. The highest BCUT2D eigenvalue weighted by molar-refractivity contribution is 6.15. The standard InChI is InChI=1S/C30H29NO5/c1-2-35-30(34)23-9-6-16-31(18-23)19-25-26(32)15-14-24-28(33)27(36-29(24)25)17-20-10-12-22(13-11-20)21-7-4-3-5-8-21/h3-5,7-8,10-15,17,23,32H,2,6,9,16,18-19H2,1H3/b27-17-. The molecule has 0 aromatic heterocycles. The van der Waals surface area contributed by atoms with Crippen molar-refractivity contribution >= 4 is 17.8 Å². The highest BCUT2D eigenvalue weighted by atomic mass is 16.5. The van der Waals surface area contributed by atoms with Crippen LogP contribution in [0.2, 0.25) is 0 Å². The van der Waals surface area contributed by atoms with Crippen LogP contribution in [0.25, 0.3) is 17.2 Å². The van der Waals surface area contributed by atoms with Crippen LogP contribution in [0.3, 0.4) is 0 Å². The molecule has 1 unspecified atom stereocenters. The highest BCUT2D eigenvalue weighted by Crippen LogP contribution is 2.40. The van der Waals surface area contributed by atoms with Gasteiger partial charge in [0, 0.05) is 13.1 Å². The van der Waals surface area contributed by atoms with Gasteiger partial charge in [-0.1, -0.05) is 54.6 Å². The Balaban J connectivity index is 1.35. The minimum absolute atomic E-state index is 0.0771. The van der Waals surface area contributed by atoms with Gasteiger partial charge >= 0.3 is 5.97 Å². The molecule has 0 bridgehead atoms. The Kier molecular flexibility index (Phi) is 6.87. The van der Waals surface area contributed by atoms with Crippen LogP contribution >= 0.6 is 0 Å². The van der Waals surface area contributed by atoms with Crippen molar-refractivity contribution in [1.29, 1.82) is 0 Å². The van der Waals surface area contributed by atoms with E-state index in [1.807, 2.05) is 42.5 Å². The van der Waals surface area contributed by atoms with Gasteiger partial charge in [-0.05, 0) is 61.2 Å². The van der Waals surface area contributed by atoms with E-state index in [1.165, 1.54) is 0 Å². The van der Waals surface area contributed by atoms with E-state index in [1.54, 1.807) is 25.1 Å². The monoisotopic (exact) mass is 483 g/mol. The van der Waals surface area contributed by atoms with Crippen LogP contribution in [0.15, 0.2) is 72.5 Å². The van der Waals surface area contributed by atoms with Crippen LogP contribution in [-0.2, 0) is 16.1 Å². The van der Waals surface area contributed by atoms with Crippen molar-refractivity contribution in [1.82, 2.24) is 4.90 Å². The number of Topliss-reactive ketones (excluding diaryl/α,β-unsaturated/α-hetero) is 1. The van der Waals surface area contributed by atoms with E-state index < -0.39 is 0 Å². The zero-order valence-corrected chi connectivity index (χ0v) is 20.3. The number of nitrogens with zero attached hydrogens (tertiary/aromatic N) is 1. The number of phenolic OH excluding ortho intramolecular Hbond substituents is 1. The maximum atomic E-state index is 13.1. The molecule has 0 aliphatic carbocycles. The van der Waals surface area contributed by atoms with E-state index in [0.29, 0.717) is 36.6 Å². The van der Waals surface area contributed by atoms with Crippen LogP contribution < -0.4 is 4.74 Å². The number of carbonyl (C=O) groups is 2. The molecular formula is C30H29NO5. The number of likely N-dealkylation sites (tertiary alicyclic amines) is 1. The Labute approximate surface area is 210 Å². The van der Waals surface area contributed by atoms with Gasteiger partial charge in [0.1, 0.15) is 11.5 Å². The number of rotatable bonds is 6. The Morgan fingerprint density at radius 3 is 2.58 bits per heavy atom. The third kappa shape index (κ3) is 4.90. The molecule has 3 aromatic rings. The number of ketones is 1. The van der Waals surface area contributed by atoms with Crippen molar-refractivity contribution in [2.45, 2.75) is 26.3 Å². The fraction of sp³-hybridized carbons (Fsp3) is 0.267. The van der Waals surface area contributed by atoms with Gasteiger partial charge in [0.25, 0.3) is 0 Å². The van der Waals surface area contributed by atoms with E-state index in [-0.39, 0.29) is 29.2 Å². The van der Waals surface area contributed by atoms with Gasteiger partial charge in [-0.25, -0.2) is 0 Å². The maximum Gasteiger partial charge on any atom is 0.310 e. The lowest BCUT2D eigenvalue weighted by atomic mass is 9.97. The number of esters is 1. The number of fused-ring (bicyclic) bond motifs is 1. The predicted octanol–water partition coefficient (Wildman–Crippen LogP) is 5.45. The first-order valence-corrected chi connectivity index (χ1v) is 12.4. The molecule has 36 heavy (non-hydrogen) atoms. The fourth-order valence-electron chi connectivity index (χ4n) is 4.88. The summed E-state index contributed by atoms with van der Waals surface area (Å²) in [6, 6.07) is 21.2. The summed E-state index contributed by atoms with van der Waals surface area (Å²) < 4.78 is 11.2. The minimum atomic E-state index is -0.207. The van der Waals surface area contributed by atoms with Gasteiger partial charge < -0.3 is 14.6 Å². The largest absolute Gasteiger partial charge is 0.507 e. The molecule has 2 aliphatic heterocycles. The minimum Gasteiger partial charge on any atom is -0.507 e. The second-order valence-electron chi connectivity index (χ2n) is 9.19. The molecule has 5 rings (SSSR count). The lowest BCUT2D eigenvalue weighted by Crippen LogP contribution is -2.39. The van der Waals surface area contributed by atoms with Gasteiger partial charge in [0.15, 0.2) is 5.76 Å². The molecule has 0 spiro atoms. The number of aromatic hydroxyl groups is 1. The predicted molar refractivity (Wildman–Crippen MR) is 138 cm³/mol. The van der Waals surface area contributed by atoms with E-state index in [4.69, 9.17) is 9.47 Å². The molecule has 1 fully saturated rings. The number of hydrogen-bond acceptors (Lipinski definition) is 6. The Bertz CT molecular complexity index is 1300. The van der Waals surface area contributed by atoms with Gasteiger partial charge in [0.2, 0.25) is 5.78 Å². The average Bonchev–Trinajstić information content (AvgIpc) is 3.22.